The van der Waals surface area contributed by atoms with Crippen LogP contribution in [0.2, 0.25) is 0 Å². The molecule has 0 saturated heterocycles. The molecule has 0 aliphatic carbocycles. The summed E-state index contributed by atoms with van der Waals surface area (Å²) in [5, 5.41) is 3.30. The van der Waals surface area contributed by atoms with Gasteiger partial charge in [-0.3, -0.25) is 0 Å². The summed E-state index contributed by atoms with van der Waals surface area (Å²) in [7, 11) is 1.92. The lowest BCUT2D eigenvalue weighted by atomic mass is 9.99. The van der Waals surface area contributed by atoms with Crippen molar-refractivity contribution < 1.29 is 9.13 Å². The maximum absolute atomic E-state index is 13.4. The number of halogens is 1. The lowest BCUT2D eigenvalue weighted by Crippen LogP contribution is -2.33. The molecule has 0 fully saturated rings. The van der Waals surface area contributed by atoms with Crippen molar-refractivity contribution in [3.63, 3.8) is 0 Å². The Hall–Kier alpha value is -1.87. The summed E-state index contributed by atoms with van der Waals surface area (Å²) >= 11 is 0. The Morgan fingerprint density at radius 2 is 1.86 bits per heavy atom. The van der Waals surface area contributed by atoms with Gasteiger partial charge in [0.1, 0.15) is 17.7 Å². The van der Waals surface area contributed by atoms with Gasteiger partial charge in [0.25, 0.3) is 0 Å². The van der Waals surface area contributed by atoms with Crippen molar-refractivity contribution in [2.45, 2.75) is 32.4 Å². The normalized spacial score (nSPS) is 13.7. The second kappa shape index (κ2) is 7.23. The zero-order valence-corrected chi connectivity index (χ0v) is 12.8. The second-order valence-corrected chi connectivity index (χ2v) is 5.15. The van der Waals surface area contributed by atoms with Crippen molar-refractivity contribution in [1.82, 2.24) is 5.32 Å². The van der Waals surface area contributed by atoms with E-state index in [4.69, 9.17) is 4.74 Å². The van der Waals surface area contributed by atoms with Crippen molar-refractivity contribution in [2.24, 2.45) is 0 Å². The average Bonchev–Trinajstić information content (AvgIpc) is 2.51. The maximum atomic E-state index is 13.4. The highest BCUT2D eigenvalue weighted by molar-refractivity contribution is 5.33. The molecular weight excluding hydrogens is 265 g/mol. The van der Waals surface area contributed by atoms with Gasteiger partial charge in [-0.15, -0.1) is 0 Å². The second-order valence-electron chi connectivity index (χ2n) is 5.15. The number of nitrogens with one attached hydrogen (secondary N) is 1. The quantitative estimate of drug-likeness (QED) is 0.857. The van der Waals surface area contributed by atoms with Crippen LogP contribution in [0.25, 0.3) is 0 Å². The van der Waals surface area contributed by atoms with Gasteiger partial charge in [0.15, 0.2) is 0 Å². The predicted octanol–water partition coefficient (Wildman–Crippen LogP) is 4.25. The molecule has 3 heteroatoms. The molecule has 0 saturated carbocycles. The molecular formula is C18H22FNO. The summed E-state index contributed by atoms with van der Waals surface area (Å²) in [6, 6.07) is 14.9. The molecule has 2 nitrogen and oxygen atoms in total. The molecule has 0 aliphatic rings. The Morgan fingerprint density at radius 3 is 2.48 bits per heavy atom. The van der Waals surface area contributed by atoms with Crippen LogP contribution < -0.4 is 10.1 Å². The molecule has 0 bridgehead atoms. The molecule has 2 aromatic carbocycles. The SMILES string of the molecule is CCC(Oc1cc(F)ccc1C)C(NC)c1ccccc1. The van der Waals surface area contributed by atoms with Crippen LogP contribution in [-0.2, 0) is 0 Å². The number of benzene rings is 2. The third-order valence-corrected chi connectivity index (χ3v) is 3.67. The van der Waals surface area contributed by atoms with E-state index in [9.17, 15) is 4.39 Å². The van der Waals surface area contributed by atoms with E-state index in [-0.39, 0.29) is 18.0 Å². The fourth-order valence-electron chi connectivity index (χ4n) is 2.48. The molecule has 0 heterocycles. The minimum Gasteiger partial charge on any atom is -0.488 e. The van der Waals surface area contributed by atoms with Gasteiger partial charge in [-0.05, 0) is 37.6 Å². The Bertz CT molecular complexity index is 571. The minimum absolute atomic E-state index is 0.0575. The van der Waals surface area contributed by atoms with Crippen molar-refractivity contribution in [3.05, 3.63) is 65.5 Å². The van der Waals surface area contributed by atoms with Gasteiger partial charge in [-0.25, -0.2) is 4.39 Å². The smallest absolute Gasteiger partial charge is 0.126 e. The molecule has 0 aromatic heterocycles. The zero-order chi connectivity index (χ0) is 15.2. The van der Waals surface area contributed by atoms with Gasteiger partial charge in [-0.2, -0.15) is 0 Å². The number of likely N-dealkylation sites (N-methyl/N-ethyl adjacent to an activating group) is 1. The van der Waals surface area contributed by atoms with Gasteiger partial charge >= 0.3 is 0 Å². The van der Waals surface area contributed by atoms with Gasteiger partial charge < -0.3 is 10.1 Å². The van der Waals surface area contributed by atoms with E-state index in [0.717, 1.165) is 12.0 Å². The van der Waals surface area contributed by atoms with Crippen molar-refractivity contribution in [2.75, 3.05) is 7.05 Å². The molecule has 112 valence electrons. The third kappa shape index (κ3) is 3.82. The summed E-state index contributed by atoms with van der Waals surface area (Å²) in [4.78, 5) is 0. The Morgan fingerprint density at radius 1 is 1.14 bits per heavy atom. The van der Waals surface area contributed by atoms with Crippen LogP contribution >= 0.6 is 0 Å². The number of hydrogen-bond donors (Lipinski definition) is 1. The average molecular weight is 287 g/mol. The Labute approximate surface area is 126 Å². The number of rotatable bonds is 6. The van der Waals surface area contributed by atoms with E-state index in [1.54, 1.807) is 6.07 Å². The summed E-state index contributed by atoms with van der Waals surface area (Å²) in [5.74, 6) is 0.337. The van der Waals surface area contributed by atoms with E-state index in [1.165, 1.54) is 17.7 Å². The van der Waals surface area contributed by atoms with Crippen LogP contribution in [0.4, 0.5) is 4.39 Å². The number of ether oxygens (including phenoxy) is 1. The summed E-state index contributed by atoms with van der Waals surface area (Å²) in [6.07, 6.45) is 0.772. The van der Waals surface area contributed by atoms with E-state index >= 15 is 0 Å². The van der Waals surface area contributed by atoms with Gasteiger partial charge in [0, 0.05) is 6.07 Å². The summed E-state index contributed by atoms with van der Waals surface area (Å²) in [6.45, 7) is 4.00. The van der Waals surface area contributed by atoms with Gasteiger partial charge in [0.05, 0.1) is 6.04 Å². The highest BCUT2D eigenvalue weighted by atomic mass is 19.1. The molecule has 0 spiro atoms. The van der Waals surface area contributed by atoms with E-state index in [0.29, 0.717) is 5.75 Å². The number of hydrogen-bond acceptors (Lipinski definition) is 2. The predicted molar refractivity (Wildman–Crippen MR) is 84.1 cm³/mol. The van der Waals surface area contributed by atoms with Crippen LogP contribution in [0.5, 0.6) is 5.75 Å². The topological polar surface area (TPSA) is 21.3 Å². The first kappa shape index (κ1) is 15.5. The molecule has 1 N–H and O–H groups in total. The molecule has 2 unspecified atom stereocenters. The fourth-order valence-corrected chi connectivity index (χ4v) is 2.48. The fraction of sp³-hybridized carbons (Fsp3) is 0.333. The van der Waals surface area contributed by atoms with Crippen LogP contribution in [0.1, 0.15) is 30.5 Å². The Kier molecular flexibility index (Phi) is 5.34. The molecule has 2 rings (SSSR count). The molecule has 0 aliphatic heterocycles. The van der Waals surface area contributed by atoms with E-state index in [1.807, 2.05) is 32.2 Å². The lowest BCUT2D eigenvalue weighted by molar-refractivity contribution is 0.151. The van der Waals surface area contributed by atoms with Crippen molar-refractivity contribution >= 4 is 0 Å². The summed E-state index contributed by atoms with van der Waals surface area (Å²) < 4.78 is 19.5. The zero-order valence-electron chi connectivity index (χ0n) is 12.8. The molecule has 0 amide bonds. The largest absolute Gasteiger partial charge is 0.488 e. The van der Waals surface area contributed by atoms with Gasteiger partial charge in [-0.1, -0.05) is 43.3 Å². The first-order chi connectivity index (χ1) is 10.2. The molecule has 21 heavy (non-hydrogen) atoms. The van der Waals surface area contributed by atoms with Crippen molar-refractivity contribution in [1.29, 1.82) is 0 Å². The standard InChI is InChI=1S/C18H22FNO/c1-4-16(18(20-3)14-8-6-5-7-9-14)21-17-12-15(19)11-10-13(17)2/h5-12,16,18,20H,4H2,1-3H3. The van der Waals surface area contributed by atoms with Crippen LogP contribution in [0.3, 0.4) is 0 Å². The lowest BCUT2D eigenvalue weighted by Gasteiger charge is -2.28. The van der Waals surface area contributed by atoms with Crippen LogP contribution in [-0.4, -0.2) is 13.2 Å². The van der Waals surface area contributed by atoms with E-state index < -0.39 is 0 Å². The summed E-state index contributed by atoms with van der Waals surface area (Å²) in [5.41, 5.74) is 2.11. The first-order valence-corrected chi connectivity index (χ1v) is 7.30. The highest BCUT2D eigenvalue weighted by Crippen LogP contribution is 2.26. The molecule has 2 aromatic rings. The third-order valence-electron chi connectivity index (χ3n) is 3.67. The highest BCUT2D eigenvalue weighted by Gasteiger charge is 2.22. The molecule has 2 atom stereocenters. The van der Waals surface area contributed by atoms with E-state index in [2.05, 4.69) is 24.4 Å². The maximum Gasteiger partial charge on any atom is 0.126 e. The minimum atomic E-state index is -0.272. The molecule has 0 radical (unpaired) electrons. The van der Waals surface area contributed by atoms with Crippen LogP contribution in [0, 0.1) is 12.7 Å². The van der Waals surface area contributed by atoms with Gasteiger partial charge in [0.2, 0.25) is 0 Å². The Balaban J connectivity index is 2.24. The first-order valence-electron chi connectivity index (χ1n) is 7.30. The monoisotopic (exact) mass is 287 g/mol. The van der Waals surface area contributed by atoms with Crippen LogP contribution in [0.15, 0.2) is 48.5 Å². The van der Waals surface area contributed by atoms with Crippen molar-refractivity contribution in [3.8, 4) is 5.75 Å². The number of aryl methyl sites for hydroxylation is 1.